The van der Waals surface area contributed by atoms with Gasteiger partial charge in [-0.25, -0.2) is 9.97 Å². The number of rotatable bonds is 0. The summed E-state index contributed by atoms with van der Waals surface area (Å²) in [6.07, 6.45) is 6.03. The fourth-order valence-electron chi connectivity index (χ4n) is 3.06. The van der Waals surface area contributed by atoms with Crippen molar-refractivity contribution in [3.05, 3.63) is 59.8 Å². The van der Waals surface area contributed by atoms with Gasteiger partial charge in [0, 0.05) is 49.0 Å². The van der Waals surface area contributed by atoms with E-state index in [1.54, 1.807) is 12.4 Å². The van der Waals surface area contributed by atoms with Crippen molar-refractivity contribution < 1.29 is 0 Å². The molecule has 2 aromatic heterocycles. The summed E-state index contributed by atoms with van der Waals surface area (Å²) >= 11 is 0. The molecule has 1 aliphatic heterocycles. The lowest BCUT2D eigenvalue weighted by Gasteiger charge is -2.23. The fraction of sp³-hybridized carbons (Fsp3) is 0.222. The molecule has 22 heavy (non-hydrogen) atoms. The van der Waals surface area contributed by atoms with Gasteiger partial charge in [-0.05, 0) is 24.6 Å². The molecule has 108 valence electrons. The molecule has 4 nitrogen and oxygen atoms in total. The number of hydrogen-bond acceptors (Lipinski definition) is 3. The van der Waals surface area contributed by atoms with Crippen molar-refractivity contribution in [2.24, 2.45) is 0 Å². The number of para-hydroxylation sites is 1. The first-order valence-electron chi connectivity index (χ1n) is 7.40. The van der Waals surface area contributed by atoms with Crippen molar-refractivity contribution in [1.29, 1.82) is 0 Å². The summed E-state index contributed by atoms with van der Waals surface area (Å²) in [5.74, 6) is 3.17. The van der Waals surface area contributed by atoms with Gasteiger partial charge >= 0.3 is 0 Å². The zero-order chi connectivity index (χ0) is 14.9. The highest BCUT2D eigenvalue weighted by Crippen LogP contribution is 2.29. The van der Waals surface area contributed by atoms with Crippen LogP contribution in [0, 0.1) is 12.0 Å². The Bertz CT molecular complexity index is 884. The van der Waals surface area contributed by atoms with Crippen molar-refractivity contribution >= 4 is 10.9 Å². The van der Waals surface area contributed by atoms with Gasteiger partial charge in [0.05, 0.1) is 11.1 Å². The van der Waals surface area contributed by atoms with Crippen molar-refractivity contribution in [1.82, 2.24) is 19.4 Å². The molecule has 0 spiro atoms. The normalized spacial score (nSPS) is 14.4. The molecule has 0 fully saturated rings. The van der Waals surface area contributed by atoms with Crippen molar-refractivity contribution in [2.45, 2.75) is 13.0 Å². The molecular formula is C18H16N4. The topological polar surface area (TPSA) is 34.0 Å². The van der Waals surface area contributed by atoms with Crippen LogP contribution in [0.3, 0.4) is 0 Å². The van der Waals surface area contributed by atoms with Crippen LogP contribution in [-0.2, 0) is 13.0 Å². The third kappa shape index (κ3) is 2.16. The van der Waals surface area contributed by atoms with Gasteiger partial charge in [0.15, 0.2) is 0 Å². The molecule has 0 bridgehead atoms. The lowest BCUT2D eigenvalue weighted by Crippen LogP contribution is -2.26. The molecule has 0 N–H and O–H groups in total. The van der Waals surface area contributed by atoms with Gasteiger partial charge in [0.2, 0.25) is 0 Å². The summed E-state index contributed by atoms with van der Waals surface area (Å²) in [7, 11) is 2.17. The van der Waals surface area contributed by atoms with E-state index in [-0.39, 0.29) is 0 Å². The van der Waals surface area contributed by atoms with Crippen molar-refractivity contribution in [2.75, 3.05) is 13.6 Å². The zero-order valence-electron chi connectivity index (χ0n) is 12.5. The highest BCUT2D eigenvalue weighted by Gasteiger charge is 2.21. The average Bonchev–Trinajstić information content (AvgIpc) is 2.87. The van der Waals surface area contributed by atoms with Gasteiger partial charge in [-0.2, -0.15) is 0 Å². The largest absolute Gasteiger partial charge is 0.302 e. The lowest BCUT2D eigenvalue weighted by atomic mass is 10.1. The molecular weight excluding hydrogens is 272 g/mol. The lowest BCUT2D eigenvalue weighted by molar-refractivity contribution is 0.311. The average molecular weight is 288 g/mol. The Kier molecular flexibility index (Phi) is 3.14. The van der Waals surface area contributed by atoms with Gasteiger partial charge < -0.3 is 4.90 Å². The number of hydrogen-bond donors (Lipinski definition) is 0. The van der Waals surface area contributed by atoms with E-state index in [0.29, 0.717) is 0 Å². The molecule has 0 saturated heterocycles. The number of benzene rings is 1. The third-order valence-corrected chi connectivity index (χ3v) is 4.12. The molecule has 3 heterocycles. The van der Waals surface area contributed by atoms with E-state index in [1.165, 1.54) is 28.5 Å². The van der Waals surface area contributed by atoms with Crippen LogP contribution in [0.25, 0.3) is 10.9 Å². The van der Waals surface area contributed by atoms with E-state index in [0.717, 1.165) is 25.1 Å². The van der Waals surface area contributed by atoms with E-state index < -0.39 is 0 Å². The van der Waals surface area contributed by atoms with Crippen molar-refractivity contribution in [3.8, 4) is 12.0 Å². The van der Waals surface area contributed by atoms with Crippen LogP contribution in [0.4, 0.5) is 0 Å². The van der Waals surface area contributed by atoms with Crippen LogP contribution in [0.2, 0.25) is 0 Å². The maximum atomic E-state index is 4.01. The summed E-state index contributed by atoms with van der Waals surface area (Å²) in [6.45, 7) is 2.05. The molecule has 0 saturated carbocycles. The Labute approximate surface area is 129 Å². The maximum absolute atomic E-state index is 4.01. The molecule has 0 aliphatic carbocycles. The van der Waals surface area contributed by atoms with Gasteiger partial charge in [0.1, 0.15) is 6.33 Å². The molecule has 0 radical (unpaired) electrons. The second-order valence-electron chi connectivity index (χ2n) is 5.63. The highest BCUT2D eigenvalue weighted by atomic mass is 15.1. The maximum Gasteiger partial charge on any atom is 0.115 e. The molecule has 4 rings (SSSR count). The molecule has 3 aromatic rings. The Balaban J connectivity index is 1.89. The molecule has 1 aromatic carbocycles. The van der Waals surface area contributed by atoms with Crippen LogP contribution in [0.15, 0.2) is 43.0 Å². The molecule has 0 amide bonds. The minimum Gasteiger partial charge on any atom is -0.302 e. The second kappa shape index (κ2) is 5.28. The van der Waals surface area contributed by atoms with Crippen LogP contribution in [0.5, 0.6) is 0 Å². The summed E-state index contributed by atoms with van der Waals surface area (Å²) in [5.41, 5.74) is 4.76. The predicted molar refractivity (Wildman–Crippen MR) is 86.3 cm³/mol. The standard InChI is InChI=1S/C18H16N4/c1-21-8-7-18-16(12-21)15-4-2-3-5-17(15)22(18)9-6-14-10-19-13-20-11-14/h2-5,10-11,13H,7-8,12H2,1H3. The summed E-state index contributed by atoms with van der Waals surface area (Å²) < 4.78 is 2.14. The fourth-order valence-corrected chi connectivity index (χ4v) is 3.06. The van der Waals surface area contributed by atoms with Gasteiger partial charge in [-0.1, -0.05) is 18.2 Å². The summed E-state index contributed by atoms with van der Waals surface area (Å²) in [4.78, 5) is 10.4. The molecule has 0 unspecified atom stereocenters. The van der Waals surface area contributed by atoms with E-state index in [4.69, 9.17) is 0 Å². The third-order valence-electron chi connectivity index (χ3n) is 4.12. The number of aromatic nitrogens is 3. The van der Waals surface area contributed by atoms with Crippen LogP contribution in [-0.4, -0.2) is 33.0 Å². The SMILES string of the molecule is CN1CCc2c(c3ccccc3n2C#Cc2cncnc2)C1. The van der Waals surface area contributed by atoms with Crippen LogP contribution >= 0.6 is 0 Å². The Hall–Kier alpha value is -2.64. The highest BCUT2D eigenvalue weighted by molar-refractivity contribution is 5.86. The van der Waals surface area contributed by atoms with E-state index >= 15 is 0 Å². The Morgan fingerprint density at radius 1 is 1.14 bits per heavy atom. The molecule has 0 atom stereocenters. The van der Waals surface area contributed by atoms with E-state index in [2.05, 4.69) is 62.7 Å². The number of fused-ring (bicyclic) bond motifs is 3. The smallest absolute Gasteiger partial charge is 0.115 e. The summed E-state index contributed by atoms with van der Waals surface area (Å²) in [6, 6.07) is 11.8. The molecule has 1 aliphatic rings. The minimum absolute atomic E-state index is 0.835. The number of likely N-dealkylation sites (N-methyl/N-ethyl adjacent to an activating group) is 1. The zero-order valence-corrected chi connectivity index (χ0v) is 12.5. The van der Waals surface area contributed by atoms with E-state index in [9.17, 15) is 0 Å². The first-order chi connectivity index (χ1) is 10.8. The molecule has 4 heteroatoms. The summed E-state index contributed by atoms with van der Waals surface area (Å²) in [5, 5.41) is 1.31. The predicted octanol–water partition coefficient (Wildman–Crippen LogP) is 2.28. The van der Waals surface area contributed by atoms with Crippen LogP contribution < -0.4 is 0 Å². The van der Waals surface area contributed by atoms with Crippen molar-refractivity contribution in [3.63, 3.8) is 0 Å². The first kappa shape index (κ1) is 13.1. The van der Waals surface area contributed by atoms with Crippen LogP contribution in [0.1, 0.15) is 16.8 Å². The minimum atomic E-state index is 0.835. The monoisotopic (exact) mass is 288 g/mol. The van der Waals surface area contributed by atoms with Gasteiger partial charge in [-0.15, -0.1) is 0 Å². The van der Waals surface area contributed by atoms with Gasteiger partial charge in [0.25, 0.3) is 0 Å². The Morgan fingerprint density at radius 2 is 1.95 bits per heavy atom. The first-order valence-corrected chi connectivity index (χ1v) is 7.40. The Morgan fingerprint density at radius 3 is 2.82 bits per heavy atom. The second-order valence-corrected chi connectivity index (χ2v) is 5.63. The van der Waals surface area contributed by atoms with Gasteiger partial charge in [-0.3, -0.25) is 4.57 Å². The quantitative estimate of drug-likeness (QED) is 0.595. The van der Waals surface area contributed by atoms with E-state index in [1.807, 2.05) is 0 Å². The number of nitrogens with zero attached hydrogens (tertiary/aromatic N) is 4.